The summed E-state index contributed by atoms with van der Waals surface area (Å²) in [5, 5.41) is 0. The fourth-order valence-electron chi connectivity index (χ4n) is 0. The van der Waals surface area contributed by atoms with Crippen molar-refractivity contribution in [1.82, 2.24) is 0 Å². The number of alkyl halides is 2. The molecule has 0 atom stereocenters. The standard InChI is InChI=1S/C3H7Cl2N/c1-3(4,5)2-6/h2,6H2,1H3. The topological polar surface area (TPSA) is 26.0 Å². The molecular formula is C3H7Cl2N. The zero-order valence-electron chi connectivity index (χ0n) is 3.54. The smallest absolute Gasteiger partial charge is 0.127 e. The van der Waals surface area contributed by atoms with Gasteiger partial charge in [-0.2, -0.15) is 0 Å². The highest BCUT2D eigenvalue weighted by Crippen LogP contribution is 2.15. The lowest BCUT2D eigenvalue weighted by atomic mass is 10.5. The third-order valence-corrected chi connectivity index (χ3v) is 0.667. The zero-order valence-corrected chi connectivity index (χ0v) is 5.05. The van der Waals surface area contributed by atoms with Crippen LogP contribution >= 0.6 is 23.2 Å². The molecule has 0 saturated carbocycles. The van der Waals surface area contributed by atoms with Crippen molar-refractivity contribution in [3.63, 3.8) is 0 Å². The highest BCUT2D eigenvalue weighted by molar-refractivity contribution is 6.48. The van der Waals surface area contributed by atoms with Gasteiger partial charge in [0, 0.05) is 6.54 Å². The summed E-state index contributed by atoms with van der Waals surface area (Å²) >= 11 is 10.7. The van der Waals surface area contributed by atoms with Crippen molar-refractivity contribution in [2.75, 3.05) is 6.54 Å². The van der Waals surface area contributed by atoms with Crippen molar-refractivity contribution in [2.45, 2.75) is 11.3 Å². The molecule has 0 fully saturated rings. The number of halogens is 2. The molecule has 3 heteroatoms. The molecule has 0 heterocycles. The van der Waals surface area contributed by atoms with Crippen LogP contribution in [0, 0.1) is 0 Å². The molecule has 0 bridgehead atoms. The lowest BCUT2D eigenvalue weighted by Gasteiger charge is -2.05. The van der Waals surface area contributed by atoms with Crippen LogP contribution in [0.2, 0.25) is 0 Å². The Morgan fingerprint density at radius 3 is 1.83 bits per heavy atom. The van der Waals surface area contributed by atoms with Gasteiger partial charge in [0.2, 0.25) is 0 Å². The van der Waals surface area contributed by atoms with Crippen LogP contribution in [0.5, 0.6) is 0 Å². The minimum Gasteiger partial charge on any atom is -0.328 e. The van der Waals surface area contributed by atoms with Crippen LogP contribution in [-0.2, 0) is 0 Å². The Morgan fingerprint density at radius 2 is 1.83 bits per heavy atom. The van der Waals surface area contributed by atoms with E-state index in [2.05, 4.69) is 0 Å². The van der Waals surface area contributed by atoms with Crippen LogP contribution in [0.25, 0.3) is 0 Å². The van der Waals surface area contributed by atoms with E-state index in [1.54, 1.807) is 6.92 Å². The van der Waals surface area contributed by atoms with Crippen molar-refractivity contribution in [2.24, 2.45) is 5.73 Å². The summed E-state index contributed by atoms with van der Waals surface area (Å²) in [6.45, 7) is 1.95. The quantitative estimate of drug-likeness (QED) is 0.526. The first kappa shape index (κ1) is 6.54. The summed E-state index contributed by atoms with van der Waals surface area (Å²) in [5.41, 5.74) is 5.04. The normalized spacial score (nSPS) is 12.0. The van der Waals surface area contributed by atoms with E-state index in [9.17, 15) is 0 Å². The average molecular weight is 128 g/mol. The van der Waals surface area contributed by atoms with Crippen LogP contribution in [0.15, 0.2) is 0 Å². The molecule has 6 heavy (non-hydrogen) atoms. The first-order valence-corrected chi connectivity index (χ1v) is 2.40. The van der Waals surface area contributed by atoms with Gasteiger partial charge >= 0.3 is 0 Å². The Hall–Kier alpha value is 0.540. The first-order chi connectivity index (χ1) is 2.56. The van der Waals surface area contributed by atoms with Crippen molar-refractivity contribution >= 4 is 23.2 Å². The second kappa shape index (κ2) is 2.01. The highest BCUT2D eigenvalue weighted by atomic mass is 35.5. The molecule has 0 saturated heterocycles. The van der Waals surface area contributed by atoms with Crippen molar-refractivity contribution in [1.29, 1.82) is 0 Å². The maximum atomic E-state index is 5.36. The molecule has 0 aromatic rings. The Morgan fingerprint density at radius 1 is 1.67 bits per heavy atom. The minimum absolute atomic E-state index is 0.302. The Bertz CT molecular complexity index is 38.5. The molecule has 0 spiro atoms. The predicted octanol–water partition coefficient (Wildman–Crippen LogP) is 1.14. The summed E-state index contributed by atoms with van der Waals surface area (Å²) in [4.78, 5) is 0. The molecule has 0 aromatic carbocycles. The van der Waals surface area contributed by atoms with E-state index in [-0.39, 0.29) is 0 Å². The number of hydrogen-bond acceptors (Lipinski definition) is 1. The second-order valence-electron chi connectivity index (χ2n) is 1.27. The van der Waals surface area contributed by atoms with Crippen molar-refractivity contribution in [3.8, 4) is 0 Å². The van der Waals surface area contributed by atoms with E-state index in [0.29, 0.717) is 6.54 Å². The predicted molar refractivity (Wildman–Crippen MR) is 29.2 cm³/mol. The van der Waals surface area contributed by atoms with Gasteiger partial charge < -0.3 is 5.73 Å². The second-order valence-corrected chi connectivity index (χ2v) is 3.14. The Kier molecular flexibility index (Phi) is 2.19. The molecular weight excluding hydrogens is 121 g/mol. The molecule has 0 unspecified atom stereocenters. The summed E-state index contributed by atoms with van der Waals surface area (Å²) in [5.74, 6) is 0. The van der Waals surface area contributed by atoms with Gasteiger partial charge in [-0.15, -0.1) is 23.2 Å². The van der Waals surface area contributed by atoms with Gasteiger partial charge in [0.1, 0.15) is 4.33 Å². The first-order valence-electron chi connectivity index (χ1n) is 1.64. The molecule has 38 valence electrons. The minimum atomic E-state index is -0.736. The van der Waals surface area contributed by atoms with E-state index in [0.717, 1.165) is 0 Å². The van der Waals surface area contributed by atoms with Crippen LogP contribution < -0.4 is 5.73 Å². The molecule has 0 aliphatic rings. The summed E-state index contributed by atoms with van der Waals surface area (Å²) in [7, 11) is 0. The van der Waals surface area contributed by atoms with E-state index >= 15 is 0 Å². The fraction of sp³-hybridized carbons (Fsp3) is 1.00. The molecule has 1 nitrogen and oxygen atoms in total. The SMILES string of the molecule is CC(Cl)(Cl)CN. The van der Waals surface area contributed by atoms with Crippen LogP contribution in [0.1, 0.15) is 6.92 Å². The number of rotatable bonds is 1. The molecule has 0 amide bonds. The maximum absolute atomic E-state index is 5.36. The van der Waals surface area contributed by atoms with Crippen LogP contribution in [-0.4, -0.2) is 10.9 Å². The molecule has 2 N–H and O–H groups in total. The zero-order chi connectivity index (χ0) is 5.21. The third kappa shape index (κ3) is 4.54. The van der Waals surface area contributed by atoms with Gasteiger partial charge in [-0.1, -0.05) is 0 Å². The van der Waals surface area contributed by atoms with Gasteiger partial charge in [0.15, 0.2) is 0 Å². The lowest BCUT2D eigenvalue weighted by Crippen LogP contribution is -2.20. The molecule has 0 aromatic heterocycles. The van der Waals surface area contributed by atoms with E-state index < -0.39 is 4.33 Å². The lowest BCUT2D eigenvalue weighted by molar-refractivity contribution is 0.866. The average Bonchev–Trinajstić information content (AvgIpc) is 1.35. The van der Waals surface area contributed by atoms with Gasteiger partial charge in [-0.25, -0.2) is 0 Å². The van der Waals surface area contributed by atoms with E-state index in [1.165, 1.54) is 0 Å². The molecule has 0 rings (SSSR count). The fourth-order valence-corrected chi connectivity index (χ4v) is 0. The van der Waals surface area contributed by atoms with Gasteiger partial charge in [-0.3, -0.25) is 0 Å². The van der Waals surface area contributed by atoms with E-state index in [4.69, 9.17) is 28.9 Å². The molecule has 0 aliphatic carbocycles. The summed E-state index contributed by atoms with van der Waals surface area (Å²) < 4.78 is -0.736. The van der Waals surface area contributed by atoms with Gasteiger partial charge in [0.05, 0.1) is 0 Å². The van der Waals surface area contributed by atoms with Crippen molar-refractivity contribution in [3.05, 3.63) is 0 Å². The third-order valence-electron chi connectivity index (χ3n) is 0.358. The van der Waals surface area contributed by atoms with Gasteiger partial charge in [-0.05, 0) is 6.92 Å². The molecule has 0 radical (unpaired) electrons. The van der Waals surface area contributed by atoms with Crippen LogP contribution in [0.4, 0.5) is 0 Å². The number of nitrogens with two attached hydrogens (primary N) is 1. The number of hydrogen-bond donors (Lipinski definition) is 1. The van der Waals surface area contributed by atoms with Gasteiger partial charge in [0.25, 0.3) is 0 Å². The van der Waals surface area contributed by atoms with Crippen LogP contribution in [0.3, 0.4) is 0 Å². The largest absolute Gasteiger partial charge is 0.328 e. The Balaban J connectivity index is 3.17. The highest BCUT2D eigenvalue weighted by Gasteiger charge is 2.11. The summed E-state index contributed by atoms with van der Waals surface area (Å²) in [6, 6.07) is 0. The summed E-state index contributed by atoms with van der Waals surface area (Å²) in [6.07, 6.45) is 0. The van der Waals surface area contributed by atoms with Crippen molar-refractivity contribution < 1.29 is 0 Å². The molecule has 0 aliphatic heterocycles. The van der Waals surface area contributed by atoms with E-state index in [1.807, 2.05) is 0 Å². The maximum Gasteiger partial charge on any atom is 0.127 e. The monoisotopic (exact) mass is 127 g/mol. The Labute approximate surface area is 47.4 Å².